The second-order valence-corrected chi connectivity index (χ2v) is 9.28. The molecule has 5 heterocycles. The topological polar surface area (TPSA) is 78.5 Å². The molecule has 31 heavy (non-hydrogen) atoms. The Hall–Kier alpha value is -2.93. The van der Waals surface area contributed by atoms with E-state index in [1.165, 1.54) is 11.1 Å². The average Bonchev–Trinajstić information content (AvgIpc) is 3.53. The summed E-state index contributed by atoms with van der Waals surface area (Å²) in [6, 6.07) is 8.43. The summed E-state index contributed by atoms with van der Waals surface area (Å²) in [5.74, 6) is -0.769. The fraction of sp³-hybridized carbons (Fsp3) is 0.458. The molecule has 2 saturated heterocycles. The molecule has 2 fully saturated rings. The van der Waals surface area contributed by atoms with E-state index < -0.39 is 17.4 Å². The molecule has 0 saturated carbocycles. The second-order valence-electron chi connectivity index (χ2n) is 9.28. The maximum absolute atomic E-state index is 13.5. The zero-order valence-electron chi connectivity index (χ0n) is 17.6. The number of aromatic nitrogens is 2. The lowest BCUT2D eigenvalue weighted by Crippen LogP contribution is -2.47. The molecule has 1 N–H and O–H groups in total. The van der Waals surface area contributed by atoms with Gasteiger partial charge in [-0.3, -0.25) is 14.7 Å². The van der Waals surface area contributed by atoms with Gasteiger partial charge < -0.3 is 14.5 Å². The standard InChI is InChI=1S/C24H26N4O3/c1-15-2-4-16(5-3-15)7-10-28-14-24-9-6-19(31-24)20(21(24)23(28)30)22(29)27-11-8-18-17(13-27)12-25-26-18/h2-6,9,12,19-21H,7-8,10-11,13-14H2,1H3,(H,25,26)/t19-,20?,21?,24-/m1/s1. The van der Waals surface area contributed by atoms with Crippen LogP contribution in [0.4, 0.5) is 0 Å². The third-order valence-corrected chi connectivity index (χ3v) is 7.37. The highest BCUT2D eigenvalue weighted by molar-refractivity contribution is 5.93. The molecule has 2 amide bonds. The maximum atomic E-state index is 13.5. The Morgan fingerprint density at radius 3 is 3.00 bits per heavy atom. The van der Waals surface area contributed by atoms with Crippen molar-refractivity contribution in [2.75, 3.05) is 19.6 Å². The van der Waals surface area contributed by atoms with Crippen molar-refractivity contribution in [2.45, 2.75) is 38.0 Å². The lowest BCUT2D eigenvalue weighted by atomic mass is 9.76. The van der Waals surface area contributed by atoms with Crippen molar-refractivity contribution in [3.05, 3.63) is 65.0 Å². The zero-order valence-corrected chi connectivity index (χ0v) is 17.6. The normalized spacial score (nSPS) is 30.7. The van der Waals surface area contributed by atoms with Crippen molar-refractivity contribution in [2.24, 2.45) is 11.8 Å². The van der Waals surface area contributed by atoms with Crippen molar-refractivity contribution in [1.82, 2.24) is 20.0 Å². The summed E-state index contributed by atoms with van der Waals surface area (Å²) in [7, 11) is 0. The maximum Gasteiger partial charge on any atom is 0.230 e. The van der Waals surface area contributed by atoms with Gasteiger partial charge in [0.15, 0.2) is 0 Å². The van der Waals surface area contributed by atoms with Gasteiger partial charge in [-0.15, -0.1) is 0 Å². The van der Waals surface area contributed by atoms with Crippen molar-refractivity contribution in [3.8, 4) is 0 Å². The molecule has 160 valence electrons. The average molecular weight is 418 g/mol. The molecule has 6 rings (SSSR count). The third-order valence-electron chi connectivity index (χ3n) is 7.37. The number of hydrogen-bond acceptors (Lipinski definition) is 4. The van der Waals surface area contributed by atoms with Crippen LogP contribution in [0, 0.1) is 18.8 Å². The number of nitrogens with zero attached hydrogens (tertiary/aromatic N) is 3. The number of rotatable bonds is 4. The molecule has 0 aliphatic carbocycles. The predicted octanol–water partition coefficient (Wildman–Crippen LogP) is 1.63. The van der Waals surface area contributed by atoms with Gasteiger partial charge in [0.2, 0.25) is 11.8 Å². The van der Waals surface area contributed by atoms with Crippen LogP contribution >= 0.6 is 0 Å². The van der Waals surface area contributed by atoms with Gasteiger partial charge in [-0.1, -0.05) is 42.0 Å². The SMILES string of the molecule is Cc1ccc(CCN2C[C@@]34C=C[C@@H](O3)C(C(=O)N3CCc5[nH]ncc5C3)C4C2=O)cc1. The molecule has 2 aromatic rings. The number of ether oxygens (including phenoxy) is 1. The van der Waals surface area contributed by atoms with Crippen LogP contribution in [0.1, 0.15) is 22.4 Å². The van der Waals surface area contributed by atoms with E-state index in [9.17, 15) is 9.59 Å². The third kappa shape index (κ3) is 2.86. The number of benzene rings is 1. The number of aromatic amines is 1. The van der Waals surface area contributed by atoms with Crippen LogP contribution in [0.3, 0.4) is 0 Å². The Morgan fingerprint density at radius 2 is 2.16 bits per heavy atom. The van der Waals surface area contributed by atoms with Crippen molar-refractivity contribution in [1.29, 1.82) is 0 Å². The van der Waals surface area contributed by atoms with Gasteiger partial charge in [0.1, 0.15) is 5.60 Å². The molecule has 4 aliphatic rings. The Kier molecular flexibility index (Phi) is 4.12. The number of H-pyrrole nitrogens is 1. The molecule has 2 unspecified atom stereocenters. The monoisotopic (exact) mass is 418 g/mol. The van der Waals surface area contributed by atoms with Crippen molar-refractivity contribution in [3.63, 3.8) is 0 Å². The number of carbonyl (C=O) groups excluding carboxylic acids is 2. The minimum absolute atomic E-state index is 0.0295. The largest absolute Gasteiger partial charge is 0.360 e. The number of amides is 2. The Balaban J connectivity index is 1.20. The second kappa shape index (κ2) is 6.79. The van der Waals surface area contributed by atoms with E-state index >= 15 is 0 Å². The van der Waals surface area contributed by atoms with Gasteiger partial charge in [0.05, 0.1) is 30.7 Å². The molecule has 2 bridgehead atoms. The first-order valence-electron chi connectivity index (χ1n) is 11.1. The summed E-state index contributed by atoms with van der Waals surface area (Å²) in [4.78, 5) is 30.7. The molecule has 4 atom stereocenters. The van der Waals surface area contributed by atoms with Crippen LogP contribution in [0.2, 0.25) is 0 Å². The van der Waals surface area contributed by atoms with Gasteiger partial charge in [-0.25, -0.2) is 0 Å². The van der Waals surface area contributed by atoms with Crippen LogP contribution in [0.15, 0.2) is 42.6 Å². The number of likely N-dealkylation sites (tertiary alicyclic amines) is 1. The summed E-state index contributed by atoms with van der Waals surface area (Å²) >= 11 is 0. The molecule has 7 heteroatoms. The summed E-state index contributed by atoms with van der Waals surface area (Å²) in [5.41, 5.74) is 3.96. The predicted molar refractivity (Wildman–Crippen MR) is 113 cm³/mol. The fourth-order valence-corrected chi connectivity index (χ4v) is 5.69. The van der Waals surface area contributed by atoms with E-state index in [4.69, 9.17) is 4.74 Å². The molecule has 0 radical (unpaired) electrons. The van der Waals surface area contributed by atoms with E-state index in [1.54, 1.807) is 6.20 Å². The number of nitrogens with one attached hydrogen (secondary N) is 1. The van der Waals surface area contributed by atoms with Crippen LogP contribution in [-0.2, 0) is 33.7 Å². The Bertz CT molecular complexity index is 1070. The molecule has 7 nitrogen and oxygen atoms in total. The van der Waals surface area contributed by atoms with Gasteiger partial charge in [0.25, 0.3) is 0 Å². The lowest BCUT2D eigenvalue weighted by molar-refractivity contribution is -0.143. The van der Waals surface area contributed by atoms with E-state index in [1.807, 2.05) is 22.0 Å². The number of hydrogen-bond donors (Lipinski definition) is 1. The Morgan fingerprint density at radius 1 is 1.32 bits per heavy atom. The van der Waals surface area contributed by atoms with E-state index in [2.05, 4.69) is 41.4 Å². The first-order chi connectivity index (χ1) is 15.0. The first-order valence-corrected chi connectivity index (χ1v) is 11.1. The summed E-state index contributed by atoms with van der Waals surface area (Å²) < 4.78 is 6.29. The van der Waals surface area contributed by atoms with Gasteiger partial charge in [0, 0.05) is 37.3 Å². The van der Waals surface area contributed by atoms with E-state index in [-0.39, 0.29) is 17.9 Å². The quantitative estimate of drug-likeness (QED) is 0.766. The van der Waals surface area contributed by atoms with Crippen molar-refractivity contribution >= 4 is 11.8 Å². The highest BCUT2D eigenvalue weighted by Crippen LogP contribution is 2.52. The lowest BCUT2D eigenvalue weighted by Gasteiger charge is -2.32. The minimum Gasteiger partial charge on any atom is -0.360 e. The van der Waals surface area contributed by atoms with Gasteiger partial charge in [-0.2, -0.15) is 5.10 Å². The molecular formula is C24H26N4O3. The molecule has 1 aromatic heterocycles. The highest BCUT2D eigenvalue weighted by atomic mass is 16.5. The molecule has 1 spiro atoms. The fourth-order valence-electron chi connectivity index (χ4n) is 5.69. The minimum atomic E-state index is -0.647. The van der Waals surface area contributed by atoms with Crippen LogP contribution < -0.4 is 0 Å². The summed E-state index contributed by atoms with van der Waals surface area (Å²) in [5, 5.41) is 7.11. The number of fused-ring (bicyclic) bond motifs is 2. The van der Waals surface area contributed by atoms with Gasteiger partial charge >= 0.3 is 0 Å². The van der Waals surface area contributed by atoms with Gasteiger partial charge in [-0.05, 0) is 18.9 Å². The van der Waals surface area contributed by atoms with Crippen molar-refractivity contribution < 1.29 is 14.3 Å². The van der Waals surface area contributed by atoms with Crippen LogP contribution in [-0.4, -0.2) is 63.2 Å². The molecule has 1 aromatic carbocycles. The first kappa shape index (κ1) is 18.8. The number of carbonyl (C=O) groups is 2. The van der Waals surface area contributed by atoms with E-state index in [0.717, 1.165) is 24.1 Å². The van der Waals surface area contributed by atoms with Crippen LogP contribution in [0.5, 0.6) is 0 Å². The zero-order chi connectivity index (χ0) is 21.2. The molecular weight excluding hydrogens is 392 g/mol. The Labute approximate surface area is 181 Å². The summed E-state index contributed by atoms with van der Waals surface area (Å²) in [6.45, 7) is 4.44. The molecule has 4 aliphatic heterocycles. The van der Waals surface area contributed by atoms with E-state index in [0.29, 0.717) is 26.2 Å². The van der Waals surface area contributed by atoms with Crippen LogP contribution in [0.25, 0.3) is 0 Å². The number of aryl methyl sites for hydroxylation is 1. The smallest absolute Gasteiger partial charge is 0.230 e. The highest BCUT2D eigenvalue weighted by Gasteiger charge is 2.67. The summed E-state index contributed by atoms with van der Waals surface area (Å²) in [6.07, 6.45) is 7.08.